The molecule has 21 heavy (non-hydrogen) atoms. The fourth-order valence-electron chi connectivity index (χ4n) is 2.42. The first-order chi connectivity index (χ1) is 10.2. The first kappa shape index (κ1) is 15.5. The maximum Gasteiger partial charge on any atom is 0.338 e. The average molecular weight is 290 g/mol. The van der Waals surface area contributed by atoms with Crippen LogP contribution in [0.4, 0.5) is 5.69 Å². The predicted octanol–water partition coefficient (Wildman–Crippen LogP) is 2.19. The number of anilines is 1. The monoisotopic (exact) mass is 290 g/mol. The van der Waals surface area contributed by atoms with E-state index in [-0.39, 0.29) is 11.9 Å². The van der Waals surface area contributed by atoms with Crippen LogP contribution < -0.4 is 10.6 Å². The highest BCUT2D eigenvalue weighted by molar-refractivity contribution is 5.93. The van der Waals surface area contributed by atoms with Crippen molar-refractivity contribution in [3.8, 4) is 0 Å². The van der Waals surface area contributed by atoms with Crippen molar-refractivity contribution in [3.63, 3.8) is 0 Å². The van der Waals surface area contributed by atoms with Gasteiger partial charge in [0.05, 0.1) is 12.2 Å². The summed E-state index contributed by atoms with van der Waals surface area (Å²) in [5.41, 5.74) is 1.20. The Bertz CT molecular complexity index is 479. The molecule has 1 aromatic carbocycles. The molecule has 0 aromatic heterocycles. The summed E-state index contributed by atoms with van der Waals surface area (Å²) in [5, 5.41) is 6.15. The van der Waals surface area contributed by atoms with Gasteiger partial charge in [-0.3, -0.25) is 4.79 Å². The van der Waals surface area contributed by atoms with Gasteiger partial charge in [-0.2, -0.15) is 0 Å². The predicted molar refractivity (Wildman–Crippen MR) is 81.2 cm³/mol. The van der Waals surface area contributed by atoms with E-state index >= 15 is 0 Å². The molecular weight excluding hydrogens is 268 g/mol. The normalized spacial score (nSPS) is 17.5. The maximum atomic E-state index is 11.9. The van der Waals surface area contributed by atoms with Crippen molar-refractivity contribution < 1.29 is 14.3 Å². The van der Waals surface area contributed by atoms with E-state index in [4.69, 9.17) is 4.74 Å². The molecule has 0 bridgehead atoms. The fraction of sp³-hybridized carbons (Fsp3) is 0.500. The Morgan fingerprint density at radius 2 is 2.10 bits per heavy atom. The SMILES string of the molecule is CCOC(=O)c1ccc(NC(=O)CCC2CCNC2)cc1. The lowest BCUT2D eigenvalue weighted by molar-refractivity contribution is -0.116. The van der Waals surface area contributed by atoms with Gasteiger partial charge < -0.3 is 15.4 Å². The van der Waals surface area contributed by atoms with E-state index in [1.165, 1.54) is 0 Å². The molecule has 1 heterocycles. The lowest BCUT2D eigenvalue weighted by atomic mass is 10.0. The Labute approximate surface area is 125 Å². The molecule has 114 valence electrons. The van der Waals surface area contributed by atoms with Gasteiger partial charge in [0.2, 0.25) is 5.91 Å². The highest BCUT2D eigenvalue weighted by Gasteiger charge is 2.15. The van der Waals surface area contributed by atoms with Crippen LogP contribution in [-0.2, 0) is 9.53 Å². The van der Waals surface area contributed by atoms with Crippen molar-refractivity contribution in [2.45, 2.75) is 26.2 Å². The lowest BCUT2D eigenvalue weighted by Gasteiger charge is -2.09. The second kappa shape index (κ2) is 7.78. The van der Waals surface area contributed by atoms with Gasteiger partial charge in [-0.05, 0) is 63.0 Å². The van der Waals surface area contributed by atoms with E-state index < -0.39 is 0 Å². The zero-order valence-electron chi connectivity index (χ0n) is 12.4. The summed E-state index contributed by atoms with van der Waals surface area (Å²) in [6.45, 7) is 4.20. The third-order valence-corrected chi connectivity index (χ3v) is 3.62. The second-order valence-electron chi connectivity index (χ2n) is 5.24. The van der Waals surface area contributed by atoms with Crippen LogP contribution >= 0.6 is 0 Å². The van der Waals surface area contributed by atoms with Gasteiger partial charge in [0.25, 0.3) is 0 Å². The van der Waals surface area contributed by atoms with E-state index in [2.05, 4.69) is 10.6 Å². The minimum absolute atomic E-state index is 0.0192. The second-order valence-corrected chi connectivity index (χ2v) is 5.24. The molecular formula is C16H22N2O3. The molecule has 0 spiro atoms. The Hall–Kier alpha value is -1.88. The molecule has 1 fully saturated rings. The molecule has 1 unspecified atom stereocenters. The van der Waals surface area contributed by atoms with Gasteiger partial charge in [-0.15, -0.1) is 0 Å². The quantitative estimate of drug-likeness (QED) is 0.788. The van der Waals surface area contributed by atoms with Crippen molar-refractivity contribution in [3.05, 3.63) is 29.8 Å². The molecule has 1 aromatic rings. The Morgan fingerprint density at radius 1 is 1.33 bits per heavy atom. The Kier molecular flexibility index (Phi) is 5.75. The molecule has 1 atom stereocenters. The zero-order valence-corrected chi connectivity index (χ0v) is 12.4. The number of hydrogen-bond donors (Lipinski definition) is 2. The topological polar surface area (TPSA) is 67.4 Å². The number of nitrogens with one attached hydrogen (secondary N) is 2. The first-order valence-electron chi connectivity index (χ1n) is 7.46. The van der Waals surface area contributed by atoms with Crippen LogP contribution in [0.1, 0.15) is 36.5 Å². The van der Waals surface area contributed by atoms with Crippen molar-refractivity contribution in [2.24, 2.45) is 5.92 Å². The van der Waals surface area contributed by atoms with E-state index in [0.717, 1.165) is 25.9 Å². The van der Waals surface area contributed by atoms with Crippen LogP contribution in [0.3, 0.4) is 0 Å². The summed E-state index contributed by atoms with van der Waals surface area (Å²) in [5.74, 6) is 0.289. The molecule has 5 nitrogen and oxygen atoms in total. The number of carbonyl (C=O) groups excluding carboxylic acids is 2. The number of hydrogen-bond acceptors (Lipinski definition) is 4. The third kappa shape index (κ3) is 4.86. The van der Waals surface area contributed by atoms with Gasteiger partial charge in [-0.25, -0.2) is 4.79 Å². The van der Waals surface area contributed by atoms with Gasteiger partial charge in [0.15, 0.2) is 0 Å². The number of esters is 1. The van der Waals surface area contributed by atoms with Gasteiger partial charge >= 0.3 is 5.97 Å². The van der Waals surface area contributed by atoms with Crippen LogP contribution in [0.5, 0.6) is 0 Å². The highest BCUT2D eigenvalue weighted by atomic mass is 16.5. The van der Waals surface area contributed by atoms with E-state index in [1.54, 1.807) is 31.2 Å². The fourth-order valence-corrected chi connectivity index (χ4v) is 2.42. The standard InChI is InChI=1S/C16H22N2O3/c1-2-21-16(20)13-4-6-14(7-5-13)18-15(19)8-3-12-9-10-17-11-12/h4-7,12,17H,2-3,8-11H2,1H3,(H,18,19). The van der Waals surface area contributed by atoms with Crippen molar-refractivity contribution in [2.75, 3.05) is 25.0 Å². The zero-order chi connectivity index (χ0) is 15.1. The van der Waals surface area contributed by atoms with Gasteiger partial charge in [-0.1, -0.05) is 0 Å². The first-order valence-corrected chi connectivity index (χ1v) is 7.46. The van der Waals surface area contributed by atoms with Crippen LogP contribution in [-0.4, -0.2) is 31.6 Å². The maximum absolute atomic E-state index is 11.9. The van der Waals surface area contributed by atoms with Crippen molar-refractivity contribution in [1.82, 2.24) is 5.32 Å². The van der Waals surface area contributed by atoms with Crippen molar-refractivity contribution in [1.29, 1.82) is 0 Å². The Balaban J connectivity index is 1.79. The van der Waals surface area contributed by atoms with Gasteiger partial charge in [0, 0.05) is 12.1 Å². The molecule has 1 amide bonds. The summed E-state index contributed by atoms with van der Waals surface area (Å²) >= 11 is 0. The van der Waals surface area contributed by atoms with Crippen LogP contribution in [0.25, 0.3) is 0 Å². The molecule has 5 heteroatoms. The van der Waals surface area contributed by atoms with E-state index in [1.807, 2.05) is 0 Å². The number of ether oxygens (including phenoxy) is 1. The Morgan fingerprint density at radius 3 is 2.71 bits per heavy atom. The summed E-state index contributed by atoms with van der Waals surface area (Å²) in [4.78, 5) is 23.4. The lowest BCUT2D eigenvalue weighted by Crippen LogP contribution is -2.15. The highest BCUT2D eigenvalue weighted by Crippen LogP contribution is 2.16. The smallest absolute Gasteiger partial charge is 0.338 e. The number of carbonyl (C=O) groups is 2. The third-order valence-electron chi connectivity index (χ3n) is 3.62. The molecule has 0 radical (unpaired) electrons. The number of rotatable bonds is 6. The van der Waals surface area contributed by atoms with Crippen LogP contribution in [0.15, 0.2) is 24.3 Å². The molecule has 0 saturated carbocycles. The van der Waals surface area contributed by atoms with Crippen LogP contribution in [0, 0.1) is 5.92 Å². The summed E-state index contributed by atoms with van der Waals surface area (Å²) < 4.78 is 4.91. The van der Waals surface area contributed by atoms with E-state index in [9.17, 15) is 9.59 Å². The summed E-state index contributed by atoms with van der Waals surface area (Å²) in [6.07, 6.45) is 2.60. The van der Waals surface area contributed by atoms with E-state index in [0.29, 0.717) is 30.2 Å². The summed E-state index contributed by atoms with van der Waals surface area (Å²) in [6, 6.07) is 6.77. The molecule has 1 aliphatic heterocycles. The van der Waals surface area contributed by atoms with Crippen molar-refractivity contribution >= 4 is 17.6 Å². The molecule has 2 N–H and O–H groups in total. The average Bonchev–Trinajstić information content (AvgIpc) is 2.99. The number of amides is 1. The molecule has 2 rings (SSSR count). The molecule has 1 saturated heterocycles. The minimum Gasteiger partial charge on any atom is -0.462 e. The molecule has 0 aliphatic carbocycles. The minimum atomic E-state index is -0.343. The number of benzene rings is 1. The van der Waals surface area contributed by atoms with Gasteiger partial charge in [0.1, 0.15) is 0 Å². The summed E-state index contributed by atoms with van der Waals surface area (Å²) in [7, 11) is 0. The molecule has 1 aliphatic rings. The van der Waals surface area contributed by atoms with Crippen LogP contribution in [0.2, 0.25) is 0 Å². The largest absolute Gasteiger partial charge is 0.462 e.